The minimum absolute atomic E-state index is 0.279. The van der Waals surface area contributed by atoms with Gasteiger partial charge >= 0.3 is 0 Å². The molecule has 0 radical (unpaired) electrons. The molecular formula is C14H12N2OS2. The van der Waals surface area contributed by atoms with Gasteiger partial charge in [-0.25, -0.2) is 4.98 Å². The van der Waals surface area contributed by atoms with Gasteiger partial charge in [-0.05, 0) is 42.1 Å². The number of nitrogens with one attached hydrogen (secondary N) is 1. The summed E-state index contributed by atoms with van der Waals surface area (Å²) in [6, 6.07) is 9.35. The van der Waals surface area contributed by atoms with Crippen LogP contribution in [0.3, 0.4) is 0 Å². The van der Waals surface area contributed by atoms with Crippen molar-refractivity contribution in [3.63, 3.8) is 0 Å². The van der Waals surface area contributed by atoms with Crippen molar-refractivity contribution in [3.8, 4) is 16.3 Å². The summed E-state index contributed by atoms with van der Waals surface area (Å²) in [6.07, 6.45) is 0. The van der Waals surface area contributed by atoms with Crippen LogP contribution in [0.1, 0.15) is 5.56 Å². The first-order chi connectivity index (χ1) is 9.22. The van der Waals surface area contributed by atoms with Crippen molar-refractivity contribution in [2.24, 2.45) is 0 Å². The fraction of sp³-hybridized carbons (Fsp3) is 0.0714. The molecule has 3 rings (SSSR count). The molecule has 2 heterocycles. The number of nitrogens with zero attached hydrogens (tertiary/aromatic N) is 1. The van der Waals surface area contributed by atoms with E-state index in [2.05, 4.69) is 16.4 Å². The number of hydrogen-bond donors (Lipinski definition) is 2. The van der Waals surface area contributed by atoms with Crippen LogP contribution in [-0.4, -0.2) is 10.1 Å². The lowest BCUT2D eigenvalue weighted by molar-refractivity contribution is 0.475. The van der Waals surface area contributed by atoms with Gasteiger partial charge in [0.15, 0.2) is 5.13 Å². The second kappa shape index (κ2) is 5.03. The van der Waals surface area contributed by atoms with Crippen molar-refractivity contribution < 1.29 is 5.11 Å². The minimum atomic E-state index is 0.279. The highest BCUT2D eigenvalue weighted by Crippen LogP contribution is 2.31. The van der Waals surface area contributed by atoms with Crippen molar-refractivity contribution >= 4 is 33.5 Å². The highest BCUT2D eigenvalue weighted by molar-refractivity contribution is 7.16. The van der Waals surface area contributed by atoms with Gasteiger partial charge in [-0.15, -0.1) is 22.7 Å². The average Bonchev–Trinajstić information content (AvgIpc) is 3.03. The van der Waals surface area contributed by atoms with E-state index in [0.29, 0.717) is 0 Å². The highest BCUT2D eigenvalue weighted by Gasteiger charge is 2.07. The molecule has 0 aliphatic carbocycles. The summed E-state index contributed by atoms with van der Waals surface area (Å²) in [5.41, 5.74) is 2.96. The molecule has 0 fully saturated rings. The number of thiazole rings is 1. The summed E-state index contributed by atoms with van der Waals surface area (Å²) in [7, 11) is 0. The third-order valence-corrected chi connectivity index (χ3v) is 4.38. The molecule has 3 nitrogen and oxygen atoms in total. The molecule has 2 N–H and O–H groups in total. The van der Waals surface area contributed by atoms with Gasteiger partial charge in [-0.1, -0.05) is 6.07 Å². The lowest BCUT2D eigenvalue weighted by Crippen LogP contribution is -1.92. The maximum atomic E-state index is 9.39. The van der Waals surface area contributed by atoms with E-state index in [1.807, 2.05) is 29.8 Å². The van der Waals surface area contributed by atoms with E-state index >= 15 is 0 Å². The summed E-state index contributed by atoms with van der Waals surface area (Å²) in [4.78, 5) is 5.74. The lowest BCUT2D eigenvalue weighted by Gasteiger charge is -2.06. The van der Waals surface area contributed by atoms with Crippen LogP contribution in [-0.2, 0) is 0 Å². The molecule has 0 saturated heterocycles. The molecular weight excluding hydrogens is 276 g/mol. The molecule has 5 heteroatoms. The van der Waals surface area contributed by atoms with Crippen LogP contribution in [0.2, 0.25) is 0 Å². The normalized spacial score (nSPS) is 10.6. The van der Waals surface area contributed by atoms with E-state index in [0.717, 1.165) is 22.1 Å². The van der Waals surface area contributed by atoms with Gasteiger partial charge in [-0.2, -0.15) is 0 Å². The van der Waals surface area contributed by atoms with Crippen LogP contribution < -0.4 is 5.32 Å². The first kappa shape index (κ1) is 12.2. The first-order valence-electron chi connectivity index (χ1n) is 5.78. The van der Waals surface area contributed by atoms with Crippen molar-refractivity contribution in [1.82, 2.24) is 4.98 Å². The Labute approximate surface area is 119 Å². The van der Waals surface area contributed by atoms with E-state index in [4.69, 9.17) is 0 Å². The molecule has 96 valence electrons. The van der Waals surface area contributed by atoms with Gasteiger partial charge in [0.1, 0.15) is 5.75 Å². The summed E-state index contributed by atoms with van der Waals surface area (Å²) < 4.78 is 0. The molecule has 1 aromatic carbocycles. The Morgan fingerprint density at radius 1 is 1.21 bits per heavy atom. The summed E-state index contributed by atoms with van der Waals surface area (Å²) in [5.74, 6) is 0.279. The Morgan fingerprint density at radius 2 is 2.11 bits per heavy atom. The largest absolute Gasteiger partial charge is 0.508 e. The fourth-order valence-electron chi connectivity index (χ4n) is 1.77. The predicted octanol–water partition coefficient (Wildman–Crippen LogP) is 4.63. The molecule has 2 aromatic heterocycles. The van der Waals surface area contributed by atoms with Crippen LogP contribution >= 0.6 is 22.7 Å². The highest BCUT2D eigenvalue weighted by atomic mass is 32.1. The van der Waals surface area contributed by atoms with Crippen LogP contribution in [0.5, 0.6) is 5.75 Å². The number of aryl methyl sites for hydroxylation is 1. The second-order valence-corrected chi connectivity index (χ2v) is 5.95. The van der Waals surface area contributed by atoms with Gasteiger partial charge in [0.2, 0.25) is 0 Å². The number of hydrogen-bond acceptors (Lipinski definition) is 5. The number of phenols is 1. The Kier molecular flexibility index (Phi) is 3.23. The quantitative estimate of drug-likeness (QED) is 0.691. The Morgan fingerprint density at radius 3 is 2.84 bits per heavy atom. The topological polar surface area (TPSA) is 45.1 Å². The Balaban J connectivity index is 1.84. The molecule has 0 amide bonds. The van der Waals surface area contributed by atoms with E-state index in [1.54, 1.807) is 34.8 Å². The number of phenolic OH excluding ortho intramolecular Hbond substituents is 1. The van der Waals surface area contributed by atoms with Crippen molar-refractivity contribution in [3.05, 3.63) is 46.7 Å². The number of benzene rings is 1. The minimum Gasteiger partial charge on any atom is -0.508 e. The van der Waals surface area contributed by atoms with Gasteiger partial charge < -0.3 is 10.4 Å². The maximum absolute atomic E-state index is 9.39. The van der Waals surface area contributed by atoms with Crippen LogP contribution in [0, 0.1) is 6.92 Å². The smallest absolute Gasteiger partial charge is 0.187 e. The lowest BCUT2D eigenvalue weighted by atomic mass is 10.2. The second-order valence-electron chi connectivity index (χ2n) is 4.14. The molecule has 0 aliphatic rings. The maximum Gasteiger partial charge on any atom is 0.187 e. The number of anilines is 2. The van der Waals surface area contributed by atoms with Crippen molar-refractivity contribution in [2.75, 3.05) is 5.32 Å². The summed E-state index contributed by atoms with van der Waals surface area (Å²) >= 11 is 3.26. The number of aromatic hydroxyl groups is 1. The molecule has 0 bridgehead atoms. The monoisotopic (exact) mass is 288 g/mol. The van der Waals surface area contributed by atoms with Crippen molar-refractivity contribution in [1.29, 1.82) is 0 Å². The van der Waals surface area contributed by atoms with E-state index in [-0.39, 0.29) is 5.75 Å². The van der Waals surface area contributed by atoms with Gasteiger partial charge in [-0.3, -0.25) is 0 Å². The molecule has 0 spiro atoms. The predicted molar refractivity (Wildman–Crippen MR) is 81.6 cm³/mol. The number of thiophene rings is 1. The number of aromatic nitrogens is 1. The zero-order chi connectivity index (χ0) is 13.2. The van der Waals surface area contributed by atoms with E-state index in [1.165, 1.54) is 4.88 Å². The molecule has 3 aromatic rings. The SMILES string of the molecule is Cc1cc(O)ccc1Nc1nc(-c2cccs2)cs1. The standard InChI is InChI=1S/C14H12N2OS2/c1-9-7-10(17)4-5-11(9)15-14-16-12(8-19-14)13-3-2-6-18-13/h2-8,17H,1H3,(H,15,16). The Bertz CT molecular complexity index is 689. The summed E-state index contributed by atoms with van der Waals surface area (Å²) in [6.45, 7) is 1.95. The first-order valence-corrected chi connectivity index (χ1v) is 7.54. The fourth-order valence-corrected chi connectivity index (χ4v) is 3.26. The summed E-state index contributed by atoms with van der Waals surface area (Å²) in [5, 5.41) is 17.6. The third-order valence-electron chi connectivity index (χ3n) is 2.73. The molecule has 0 saturated carbocycles. The number of rotatable bonds is 3. The van der Waals surface area contributed by atoms with E-state index in [9.17, 15) is 5.11 Å². The van der Waals surface area contributed by atoms with Crippen molar-refractivity contribution in [2.45, 2.75) is 6.92 Å². The Hall–Kier alpha value is -1.85. The zero-order valence-corrected chi connectivity index (χ0v) is 11.9. The van der Waals surface area contributed by atoms with E-state index < -0.39 is 0 Å². The van der Waals surface area contributed by atoms with Gasteiger partial charge in [0.05, 0.1) is 10.6 Å². The van der Waals surface area contributed by atoms with Crippen LogP contribution in [0.15, 0.2) is 41.1 Å². The zero-order valence-electron chi connectivity index (χ0n) is 10.3. The van der Waals surface area contributed by atoms with Crippen LogP contribution in [0.25, 0.3) is 10.6 Å². The molecule has 0 aliphatic heterocycles. The van der Waals surface area contributed by atoms with Crippen LogP contribution in [0.4, 0.5) is 10.8 Å². The van der Waals surface area contributed by atoms with Gasteiger partial charge in [0, 0.05) is 11.1 Å². The average molecular weight is 288 g/mol. The third kappa shape index (κ3) is 2.62. The van der Waals surface area contributed by atoms with Gasteiger partial charge in [0.25, 0.3) is 0 Å². The molecule has 0 atom stereocenters. The molecule has 19 heavy (non-hydrogen) atoms. The molecule has 0 unspecified atom stereocenters.